The summed E-state index contributed by atoms with van der Waals surface area (Å²) in [6, 6.07) is 18.2. The van der Waals surface area contributed by atoms with E-state index in [1.807, 2.05) is 66.2 Å². The van der Waals surface area contributed by atoms with Gasteiger partial charge in [-0.15, -0.1) is 0 Å². The first-order valence-electron chi connectivity index (χ1n) is 11.7. The molecule has 1 aliphatic heterocycles. The lowest BCUT2D eigenvalue weighted by Crippen LogP contribution is -2.59. The lowest BCUT2D eigenvalue weighted by molar-refractivity contribution is -0.145. The molecule has 0 unspecified atom stereocenters. The number of nitrogens with zero attached hydrogens (tertiary/aromatic N) is 1. The molecule has 1 aromatic heterocycles. The van der Waals surface area contributed by atoms with E-state index >= 15 is 0 Å². The smallest absolute Gasteiger partial charge is 0.329 e. The number of hydrogen-bond acceptors (Lipinski definition) is 4. The van der Waals surface area contributed by atoms with Gasteiger partial charge in [-0.2, -0.15) is 0 Å². The Bertz CT molecular complexity index is 1250. The monoisotopic (exact) mass is 471 g/mol. The number of carbonyl (C=O) groups is 3. The van der Waals surface area contributed by atoms with Crippen LogP contribution in [0.4, 0.5) is 0 Å². The van der Waals surface area contributed by atoms with Crippen LogP contribution in [0.2, 0.25) is 0 Å². The van der Waals surface area contributed by atoms with Crippen molar-refractivity contribution in [2.75, 3.05) is 13.1 Å². The Morgan fingerprint density at radius 1 is 1.03 bits per heavy atom. The summed E-state index contributed by atoms with van der Waals surface area (Å²) in [4.78, 5) is 37.6. The molecule has 1 saturated heterocycles. The highest BCUT2D eigenvalue weighted by atomic mass is 16.4. The van der Waals surface area contributed by atoms with E-state index in [1.165, 1.54) is 0 Å². The number of hydrogen-bond donors (Lipinski definition) is 3. The molecule has 3 N–H and O–H groups in total. The standard InChI is InChI=1S/C28H29N3O4/c1-20-9-11-22(12-10-20)25(32)24-8-4-18-31(24)17-3-6-21-5-2-7-23(19-21)26(33)30-28(27(34)35)13-15-29-16-14-28/h2-12,18-19,29H,13-17H2,1H3,(H,30,33)(H,34,35)/b6-3+. The van der Waals surface area contributed by atoms with Gasteiger partial charge in [0.1, 0.15) is 5.54 Å². The predicted molar refractivity (Wildman–Crippen MR) is 134 cm³/mol. The third kappa shape index (κ3) is 5.58. The highest BCUT2D eigenvalue weighted by Crippen LogP contribution is 2.20. The molecule has 0 bridgehead atoms. The number of carboxylic acid groups (broad SMARTS) is 1. The van der Waals surface area contributed by atoms with Gasteiger partial charge in [0.25, 0.3) is 5.91 Å². The van der Waals surface area contributed by atoms with E-state index in [0.29, 0.717) is 49.3 Å². The molecule has 0 spiro atoms. The summed E-state index contributed by atoms with van der Waals surface area (Å²) in [7, 11) is 0. The molecule has 0 aliphatic carbocycles. The molecular formula is C28H29N3O4. The number of nitrogens with one attached hydrogen (secondary N) is 2. The second-order valence-corrected chi connectivity index (χ2v) is 8.86. The first kappa shape index (κ1) is 24.2. The second-order valence-electron chi connectivity index (χ2n) is 8.86. The van der Waals surface area contributed by atoms with Crippen LogP contribution in [0.1, 0.15) is 50.4 Å². The third-order valence-electron chi connectivity index (χ3n) is 6.36. The minimum atomic E-state index is -1.25. The molecule has 1 amide bonds. The fourth-order valence-electron chi connectivity index (χ4n) is 4.25. The molecule has 35 heavy (non-hydrogen) atoms. The van der Waals surface area contributed by atoms with Gasteiger partial charge in [0.2, 0.25) is 5.78 Å². The van der Waals surface area contributed by atoms with E-state index in [4.69, 9.17) is 0 Å². The summed E-state index contributed by atoms with van der Waals surface area (Å²) in [5.41, 5.74) is 2.32. The number of allylic oxidation sites excluding steroid dienone is 1. The zero-order valence-electron chi connectivity index (χ0n) is 19.7. The molecular weight excluding hydrogens is 442 g/mol. The quantitative estimate of drug-likeness (QED) is 0.435. The summed E-state index contributed by atoms with van der Waals surface area (Å²) >= 11 is 0. The molecule has 7 nitrogen and oxygen atoms in total. The Morgan fingerprint density at radius 3 is 2.49 bits per heavy atom. The van der Waals surface area contributed by atoms with Gasteiger partial charge < -0.3 is 20.3 Å². The third-order valence-corrected chi connectivity index (χ3v) is 6.36. The van der Waals surface area contributed by atoms with Crippen LogP contribution in [0.15, 0.2) is 72.9 Å². The normalized spacial score (nSPS) is 15.1. The minimum Gasteiger partial charge on any atom is -0.480 e. The number of carboxylic acids is 1. The van der Waals surface area contributed by atoms with Gasteiger partial charge in [-0.1, -0.05) is 54.1 Å². The summed E-state index contributed by atoms with van der Waals surface area (Å²) in [6.45, 7) is 3.57. The topological polar surface area (TPSA) is 100 Å². The van der Waals surface area contributed by atoms with Gasteiger partial charge in [-0.3, -0.25) is 9.59 Å². The first-order chi connectivity index (χ1) is 16.9. The van der Waals surface area contributed by atoms with Crippen LogP contribution in [0, 0.1) is 6.92 Å². The van der Waals surface area contributed by atoms with Crippen molar-refractivity contribution in [3.05, 3.63) is 101 Å². The Balaban J connectivity index is 1.44. The summed E-state index contributed by atoms with van der Waals surface area (Å²) in [5.74, 6) is -1.45. The van der Waals surface area contributed by atoms with Crippen molar-refractivity contribution in [2.45, 2.75) is 31.8 Å². The maximum Gasteiger partial charge on any atom is 0.329 e. The van der Waals surface area contributed by atoms with E-state index in [-0.39, 0.29) is 5.78 Å². The maximum absolute atomic E-state index is 12.9. The first-order valence-corrected chi connectivity index (χ1v) is 11.7. The molecule has 2 aromatic carbocycles. The van der Waals surface area contributed by atoms with Gasteiger partial charge in [0, 0.05) is 23.9 Å². The summed E-state index contributed by atoms with van der Waals surface area (Å²) in [5, 5.41) is 15.6. The van der Waals surface area contributed by atoms with Crippen molar-refractivity contribution in [3.63, 3.8) is 0 Å². The van der Waals surface area contributed by atoms with Crippen LogP contribution in [0.3, 0.4) is 0 Å². The Kier molecular flexibility index (Phi) is 7.27. The molecule has 180 valence electrons. The highest BCUT2D eigenvalue weighted by Gasteiger charge is 2.41. The van der Waals surface area contributed by atoms with E-state index in [0.717, 1.165) is 11.1 Å². The average Bonchev–Trinajstić information content (AvgIpc) is 3.33. The lowest BCUT2D eigenvalue weighted by Gasteiger charge is -2.34. The molecule has 0 saturated carbocycles. The Labute approximate surface area is 204 Å². The van der Waals surface area contributed by atoms with Crippen molar-refractivity contribution in [3.8, 4) is 0 Å². The molecule has 1 fully saturated rings. The van der Waals surface area contributed by atoms with Crippen LogP contribution in [0.25, 0.3) is 6.08 Å². The number of rotatable bonds is 8. The van der Waals surface area contributed by atoms with Gasteiger partial charge in [-0.05, 0) is 62.7 Å². The minimum absolute atomic E-state index is 0.0349. The number of carbonyl (C=O) groups excluding carboxylic acids is 2. The zero-order chi connectivity index (χ0) is 24.8. The van der Waals surface area contributed by atoms with Crippen LogP contribution in [0.5, 0.6) is 0 Å². The van der Waals surface area contributed by atoms with Crippen molar-refractivity contribution >= 4 is 23.7 Å². The van der Waals surface area contributed by atoms with Crippen molar-refractivity contribution in [2.24, 2.45) is 0 Å². The number of aromatic nitrogens is 1. The summed E-state index contributed by atoms with van der Waals surface area (Å²) in [6.07, 6.45) is 6.35. The number of aliphatic carboxylic acids is 1. The van der Waals surface area contributed by atoms with E-state index in [1.54, 1.807) is 24.3 Å². The van der Waals surface area contributed by atoms with Crippen LogP contribution in [-0.2, 0) is 11.3 Å². The molecule has 0 atom stereocenters. The highest BCUT2D eigenvalue weighted by molar-refractivity contribution is 6.08. The number of benzene rings is 2. The van der Waals surface area contributed by atoms with Crippen molar-refractivity contribution in [1.29, 1.82) is 0 Å². The average molecular weight is 472 g/mol. The van der Waals surface area contributed by atoms with Crippen molar-refractivity contribution in [1.82, 2.24) is 15.2 Å². The SMILES string of the molecule is Cc1ccc(C(=O)c2cccn2C/C=C/c2cccc(C(=O)NC3(C(=O)O)CCNCC3)c2)cc1. The van der Waals surface area contributed by atoms with Crippen LogP contribution in [-0.4, -0.2) is 46.0 Å². The van der Waals surface area contributed by atoms with Crippen molar-refractivity contribution < 1.29 is 19.5 Å². The Morgan fingerprint density at radius 2 is 1.77 bits per heavy atom. The molecule has 2 heterocycles. The predicted octanol–water partition coefficient (Wildman–Crippen LogP) is 3.68. The fraction of sp³-hybridized carbons (Fsp3) is 0.250. The molecule has 0 radical (unpaired) electrons. The van der Waals surface area contributed by atoms with Crippen LogP contribution < -0.4 is 10.6 Å². The fourth-order valence-corrected chi connectivity index (χ4v) is 4.25. The molecule has 4 rings (SSSR count). The van der Waals surface area contributed by atoms with Gasteiger partial charge in [-0.25, -0.2) is 4.79 Å². The molecule has 3 aromatic rings. The van der Waals surface area contributed by atoms with Crippen LogP contribution >= 0.6 is 0 Å². The number of aryl methyl sites for hydroxylation is 1. The second kappa shape index (κ2) is 10.5. The van der Waals surface area contributed by atoms with E-state index in [2.05, 4.69) is 10.6 Å². The molecule has 7 heteroatoms. The number of ketones is 1. The van der Waals surface area contributed by atoms with E-state index < -0.39 is 17.4 Å². The molecule has 1 aliphatic rings. The maximum atomic E-state index is 12.9. The van der Waals surface area contributed by atoms with E-state index in [9.17, 15) is 19.5 Å². The number of amides is 1. The largest absolute Gasteiger partial charge is 0.480 e. The lowest BCUT2D eigenvalue weighted by atomic mass is 9.88. The van der Waals surface area contributed by atoms with Gasteiger partial charge in [0.15, 0.2) is 0 Å². The Hall–Kier alpha value is -3.97. The van der Waals surface area contributed by atoms with Gasteiger partial charge >= 0.3 is 5.97 Å². The summed E-state index contributed by atoms with van der Waals surface area (Å²) < 4.78 is 1.88. The number of piperidine rings is 1. The van der Waals surface area contributed by atoms with Gasteiger partial charge in [0.05, 0.1) is 5.69 Å². The zero-order valence-corrected chi connectivity index (χ0v) is 19.7.